The molecule has 0 aliphatic rings. The highest BCUT2D eigenvalue weighted by atomic mass is 32.1. The second kappa shape index (κ2) is 7.75. The van der Waals surface area contributed by atoms with Crippen LogP contribution < -0.4 is 10.6 Å². The molecule has 0 aliphatic heterocycles. The number of non-ortho nitro benzene ring substituents is 1. The molecule has 0 saturated heterocycles. The van der Waals surface area contributed by atoms with Crippen LogP contribution >= 0.6 is 11.3 Å². The zero-order valence-corrected chi connectivity index (χ0v) is 14.9. The SMILES string of the molecule is Cc1ccc(C(=O)Nc2nccs2)cc1NC(=O)c1ccc([N+](=O)[O-])cc1. The summed E-state index contributed by atoms with van der Waals surface area (Å²) in [5.41, 5.74) is 1.80. The topological polar surface area (TPSA) is 114 Å². The summed E-state index contributed by atoms with van der Waals surface area (Å²) in [6.07, 6.45) is 1.59. The Morgan fingerprint density at radius 1 is 1.04 bits per heavy atom. The molecule has 0 unspecified atom stereocenters. The number of rotatable bonds is 5. The fourth-order valence-electron chi connectivity index (χ4n) is 2.28. The summed E-state index contributed by atoms with van der Waals surface area (Å²) in [5.74, 6) is -0.763. The third kappa shape index (κ3) is 4.33. The van der Waals surface area contributed by atoms with E-state index in [4.69, 9.17) is 0 Å². The average molecular weight is 382 g/mol. The van der Waals surface area contributed by atoms with Crippen LogP contribution in [0.2, 0.25) is 0 Å². The standard InChI is InChI=1S/C18H14N4O4S/c1-11-2-3-13(17(24)21-18-19-8-9-27-18)10-15(11)20-16(23)12-4-6-14(7-5-12)22(25)26/h2-10H,1H3,(H,20,23)(H,19,21,24). The second-order valence-corrected chi connectivity index (χ2v) is 6.47. The van der Waals surface area contributed by atoms with Gasteiger partial charge in [-0.2, -0.15) is 0 Å². The van der Waals surface area contributed by atoms with E-state index in [9.17, 15) is 19.7 Å². The first kappa shape index (κ1) is 18.2. The molecule has 0 spiro atoms. The van der Waals surface area contributed by atoms with Crippen LogP contribution in [0.15, 0.2) is 54.0 Å². The van der Waals surface area contributed by atoms with Gasteiger partial charge < -0.3 is 5.32 Å². The fraction of sp³-hybridized carbons (Fsp3) is 0.0556. The number of nitro benzene ring substituents is 1. The molecule has 136 valence electrons. The lowest BCUT2D eigenvalue weighted by Gasteiger charge is -2.10. The highest BCUT2D eigenvalue weighted by molar-refractivity contribution is 7.13. The van der Waals surface area contributed by atoms with Crippen molar-refractivity contribution < 1.29 is 14.5 Å². The van der Waals surface area contributed by atoms with E-state index in [0.717, 1.165) is 5.56 Å². The summed E-state index contributed by atoms with van der Waals surface area (Å²) < 4.78 is 0. The Kier molecular flexibility index (Phi) is 5.23. The van der Waals surface area contributed by atoms with E-state index in [2.05, 4.69) is 15.6 Å². The molecule has 3 rings (SSSR count). The van der Waals surface area contributed by atoms with Gasteiger partial charge in [0, 0.05) is 40.5 Å². The Balaban J connectivity index is 1.76. The number of amides is 2. The van der Waals surface area contributed by atoms with E-state index >= 15 is 0 Å². The van der Waals surface area contributed by atoms with Crippen molar-refractivity contribution in [3.8, 4) is 0 Å². The van der Waals surface area contributed by atoms with Crippen LogP contribution in [0, 0.1) is 17.0 Å². The monoisotopic (exact) mass is 382 g/mol. The highest BCUT2D eigenvalue weighted by Crippen LogP contribution is 2.20. The zero-order valence-electron chi connectivity index (χ0n) is 14.1. The number of anilines is 2. The average Bonchev–Trinajstić information content (AvgIpc) is 3.16. The Morgan fingerprint density at radius 3 is 2.33 bits per heavy atom. The molecule has 0 fully saturated rings. The van der Waals surface area contributed by atoms with E-state index in [-0.39, 0.29) is 17.2 Å². The number of thiazole rings is 1. The Hall–Kier alpha value is -3.59. The summed E-state index contributed by atoms with van der Waals surface area (Å²) in [7, 11) is 0. The highest BCUT2D eigenvalue weighted by Gasteiger charge is 2.13. The number of nitro groups is 1. The number of carbonyl (C=O) groups excluding carboxylic acids is 2. The van der Waals surface area contributed by atoms with Crippen molar-refractivity contribution in [3.05, 3.63) is 80.8 Å². The summed E-state index contributed by atoms with van der Waals surface area (Å²) in [6.45, 7) is 1.80. The smallest absolute Gasteiger partial charge is 0.269 e. The summed E-state index contributed by atoms with van der Waals surface area (Å²) in [6, 6.07) is 10.2. The predicted molar refractivity (Wildman–Crippen MR) is 102 cm³/mol. The lowest BCUT2D eigenvalue weighted by atomic mass is 10.1. The van der Waals surface area contributed by atoms with Crippen LogP contribution in [-0.2, 0) is 0 Å². The van der Waals surface area contributed by atoms with Crippen molar-refractivity contribution in [2.75, 3.05) is 10.6 Å². The molecule has 8 nitrogen and oxygen atoms in total. The number of aromatic nitrogens is 1. The third-order valence-corrected chi connectivity index (χ3v) is 4.43. The van der Waals surface area contributed by atoms with Crippen molar-refractivity contribution in [2.45, 2.75) is 6.92 Å². The molecule has 0 radical (unpaired) electrons. The van der Waals surface area contributed by atoms with Gasteiger partial charge in [0.05, 0.1) is 4.92 Å². The van der Waals surface area contributed by atoms with Gasteiger partial charge in [0.25, 0.3) is 17.5 Å². The van der Waals surface area contributed by atoms with E-state index in [1.165, 1.54) is 35.6 Å². The van der Waals surface area contributed by atoms with Crippen LogP contribution in [0.4, 0.5) is 16.5 Å². The van der Waals surface area contributed by atoms with Crippen LogP contribution in [0.3, 0.4) is 0 Å². The first-order chi connectivity index (χ1) is 12.9. The van der Waals surface area contributed by atoms with Gasteiger partial charge in [0.1, 0.15) is 0 Å². The molecule has 1 heterocycles. The fourth-order valence-corrected chi connectivity index (χ4v) is 2.81. The van der Waals surface area contributed by atoms with E-state index in [0.29, 0.717) is 16.4 Å². The summed E-state index contributed by atoms with van der Waals surface area (Å²) in [5, 5.41) is 18.3. The quantitative estimate of drug-likeness (QED) is 0.514. The summed E-state index contributed by atoms with van der Waals surface area (Å²) in [4.78, 5) is 38.9. The van der Waals surface area contributed by atoms with Gasteiger partial charge in [-0.05, 0) is 36.8 Å². The molecule has 9 heteroatoms. The molecule has 0 saturated carbocycles. The van der Waals surface area contributed by atoms with Crippen LogP contribution in [0.25, 0.3) is 0 Å². The van der Waals surface area contributed by atoms with Crippen LogP contribution in [-0.4, -0.2) is 21.7 Å². The van der Waals surface area contributed by atoms with E-state index in [1.54, 1.807) is 36.7 Å². The molecular weight excluding hydrogens is 368 g/mol. The van der Waals surface area contributed by atoms with E-state index in [1.807, 2.05) is 0 Å². The van der Waals surface area contributed by atoms with Crippen molar-refractivity contribution >= 4 is 39.7 Å². The lowest BCUT2D eigenvalue weighted by molar-refractivity contribution is -0.384. The molecule has 0 atom stereocenters. The maximum absolute atomic E-state index is 12.4. The van der Waals surface area contributed by atoms with Crippen LogP contribution in [0.5, 0.6) is 0 Å². The normalized spacial score (nSPS) is 10.3. The first-order valence-corrected chi connectivity index (χ1v) is 8.69. The van der Waals surface area contributed by atoms with Gasteiger partial charge in [-0.1, -0.05) is 6.07 Å². The molecule has 0 aliphatic carbocycles. The minimum Gasteiger partial charge on any atom is -0.322 e. The van der Waals surface area contributed by atoms with Gasteiger partial charge >= 0.3 is 0 Å². The zero-order chi connectivity index (χ0) is 19.4. The van der Waals surface area contributed by atoms with Crippen molar-refractivity contribution in [3.63, 3.8) is 0 Å². The largest absolute Gasteiger partial charge is 0.322 e. The van der Waals surface area contributed by atoms with Gasteiger partial charge in [0.2, 0.25) is 0 Å². The molecule has 0 bridgehead atoms. The second-order valence-electron chi connectivity index (χ2n) is 5.58. The lowest BCUT2D eigenvalue weighted by Crippen LogP contribution is -2.15. The number of benzene rings is 2. The van der Waals surface area contributed by atoms with Crippen molar-refractivity contribution in [1.29, 1.82) is 0 Å². The molecular formula is C18H14N4O4S. The Bertz CT molecular complexity index is 1000. The number of aryl methyl sites for hydroxylation is 1. The molecule has 1 aromatic heterocycles. The number of hydrogen-bond donors (Lipinski definition) is 2. The minimum atomic E-state index is -0.531. The molecule has 3 aromatic rings. The maximum atomic E-state index is 12.4. The molecule has 2 amide bonds. The van der Waals surface area contributed by atoms with Gasteiger partial charge in [-0.25, -0.2) is 4.98 Å². The first-order valence-electron chi connectivity index (χ1n) is 7.81. The number of nitrogens with one attached hydrogen (secondary N) is 2. The van der Waals surface area contributed by atoms with Crippen LogP contribution in [0.1, 0.15) is 26.3 Å². The molecule has 2 aromatic carbocycles. The van der Waals surface area contributed by atoms with Gasteiger partial charge in [0.15, 0.2) is 5.13 Å². The van der Waals surface area contributed by atoms with Gasteiger partial charge in [-0.15, -0.1) is 11.3 Å². The third-order valence-electron chi connectivity index (χ3n) is 3.74. The molecule has 2 N–H and O–H groups in total. The van der Waals surface area contributed by atoms with Gasteiger partial charge in [-0.3, -0.25) is 25.0 Å². The maximum Gasteiger partial charge on any atom is 0.269 e. The molecule has 27 heavy (non-hydrogen) atoms. The Labute approximate surface area is 158 Å². The van der Waals surface area contributed by atoms with Crippen molar-refractivity contribution in [1.82, 2.24) is 4.98 Å². The summed E-state index contributed by atoms with van der Waals surface area (Å²) >= 11 is 1.30. The predicted octanol–water partition coefficient (Wildman–Crippen LogP) is 3.86. The number of hydrogen-bond acceptors (Lipinski definition) is 6. The van der Waals surface area contributed by atoms with Crippen molar-refractivity contribution in [2.24, 2.45) is 0 Å². The minimum absolute atomic E-state index is 0.0939. The number of nitrogens with zero attached hydrogens (tertiary/aromatic N) is 2. The number of carbonyl (C=O) groups is 2. The van der Waals surface area contributed by atoms with E-state index < -0.39 is 10.8 Å². The Morgan fingerprint density at radius 2 is 1.70 bits per heavy atom.